The third-order valence-electron chi connectivity index (χ3n) is 3.19. The van der Waals surface area contributed by atoms with Gasteiger partial charge in [-0.3, -0.25) is 4.79 Å². The third kappa shape index (κ3) is 2.72. The van der Waals surface area contributed by atoms with E-state index in [1.807, 2.05) is 64.1 Å². The lowest BCUT2D eigenvalue weighted by molar-refractivity contribution is -0.119. The number of nitrogens with zero attached hydrogens (tertiary/aromatic N) is 3. The van der Waals surface area contributed by atoms with Crippen molar-refractivity contribution in [2.24, 2.45) is 0 Å². The fourth-order valence-electron chi connectivity index (χ4n) is 2.23. The van der Waals surface area contributed by atoms with Crippen molar-refractivity contribution in [3.8, 4) is 11.5 Å². The molecule has 5 nitrogen and oxygen atoms in total. The van der Waals surface area contributed by atoms with Crippen molar-refractivity contribution < 1.29 is 4.79 Å². The Morgan fingerprint density at radius 2 is 1.86 bits per heavy atom. The molecule has 0 atom stereocenters. The molecule has 2 heterocycles. The van der Waals surface area contributed by atoms with Gasteiger partial charge in [-0.2, -0.15) is 5.10 Å². The Morgan fingerprint density at radius 1 is 1.14 bits per heavy atom. The van der Waals surface area contributed by atoms with Crippen LogP contribution in [0.4, 0.5) is 0 Å². The molecule has 21 heavy (non-hydrogen) atoms. The quantitative estimate of drug-likeness (QED) is 0.797. The summed E-state index contributed by atoms with van der Waals surface area (Å²) in [4.78, 5) is 11.1. The molecule has 1 amide bonds. The average molecular weight is 280 g/mol. The van der Waals surface area contributed by atoms with Gasteiger partial charge in [-0.05, 0) is 24.3 Å². The van der Waals surface area contributed by atoms with E-state index in [1.54, 1.807) is 6.20 Å². The van der Waals surface area contributed by atoms with Crippen LogP contribution in [0.2, 0.25) is 0 Å². The van der Waals surface area contributed by atoms with E-state index in [0.29, 0.717) is 6.54 Å². The van der Waals surface area contributed by atoms with Crippen LogP contribution in [-0.2, 0) is 11.3 Å². The van der Waals surface area contributed by atoms with E-state index >= 15 is 0 Å². The van der Waals surface area contributed by atoms with Gasteiger partial charge in [-0.25, -0.2) is 4.68 Å². The van der Waals surface area contributed by atoms with Crippen LogP contribution in [0.25, 0.3) is 11.5 Å². The molecule has 0 fully saturated rings. The first-order valence-corrected chi connectivity index (χ1v) is 6.76. The molecule has 0 saturated heterocycles. The number of nitrogens with one attached hydrogen (secondary N) is 1. The average Bonchev–Trinajstić information content (AvgIpc) is 3.15. The van der Waals surface area contributed by atoms with Crippen molar-refractivity contribution in [1.82, 2.24) is 19.7 Å². The van der Waals surface area contributed by atoms with Crippen LogP contribution in [0.3, 0.4) is 0 Å². The van der Waals surface area contributed by atoms with Crippen LogP contribution in [0, 0.1) is 0 Å². The first kappa shape index (κ1) is 13.2. The van der Waals surface area contributed by atoms with Crippen LogP contribution in [0.5, 0.6) is 0 Å². The molecule has 5 heteroatoms. The molecule has 1 aromatic carbocycles. The van der Waals surface area contributed by atoms with Gasteiger partial charge in [0.25, 0.3) is 0 Å². The molecule has 0 spiro atoms. The normalized spacial score (nSPS) is 10.5. The van der Waals surface area contributed by atoms with Crippen LogP contribution >= 0.6 is 0 Å². The maximum atomic E-state index is 11.1. The van der Waals surface area contributed by atoms with E-state index in [4.69, 9.17) is 0 Å². The van der Waals surface area contributed by atoms with Gasteiger partial charge >= 0.3 is 0 Å². The summed E-state index contributed by atoms with van der Waals surface area (Å²) in [7, 11) is 0. The number of hydrogen-bond donors (Lipinski definition) is 1. The highest BCUT2D eigenvalue weighted by Crippen LogP contribution is 2.19. The second-order valence-electron chi connectivity index (χ2n) is 4.74. The van der Waals surface area contributed by atoms with Gasteiger partial charge in [0.05, 0.1) is 11.9 Å². The van der Waals surface area contributed by atoms with Crippen molar-refractivity contribution in [1.29, 1.82) is 0 Å². The summed E-state index contributed by atoms with van der Waals surface area (Å²) < 4.78 is 3.87. The van der Waals surface area contributed by atoms with Gasteiger partial charge in [0.1, 0.15) is 5.82 Å². The number of benzene rings is 1. The Bertz CT molecular complexity index is 729. The highest BCUT2D eigenvalue weighted by Gasteiger charge is 2.13. The number of hydrogen-bond acceptors (Lipinski definition) is 2. The van der Waals surface area contributed by atoms with Crippen molar-refractivity contribution in [3.05, 3.63) is 66.6 Å². The summed E-state index contributed by atoms with van der Waals surface area (Å²) in [6.07, 6.45) is 5.72. The molecule has 0 unspecified atom stereocenters. The van der Waals surface area contributed by atoms with E-state index in [0.717, 1.165) is 17.1 Å². The van der Waals surface area contributed by atoms with Crippen molar-refractivity contribution >= 4 is 5.91 Å². The second kappa shape index (κ2) is 5.66. The molecule has 106 valence electrons. The SMILES string of the molecule is CC(=O)NCc1cnn(-c2ccccc2)c1-n1cccc1. The molecule has 3 rings (SSSR count). The van der Waals surface area contributed by atoms with Gasteiger partial charge in [-0.1, -0.05) is 18.2 Å². The number of amides is 1. The summed E-state index contributed by atoms with van der Waals surface area (Å²) in [6.45, 7) is 1.96. The second-order valence-corrected chi connectivity index (χ2v) is 4.74. The van der Waals surface area contributed by atoms with Crippen molar-refractivity contribution in [2.45, 2.75) is 13.5 Å². The molecule has 0 radical (unpaired) electrons. The Morgan fingerprint density at radius 3 is 2.52 bits per heavy atom. The Hall–Kier alpha value is -2.82. The third-order valence-corrected chi connectivity index (χ3v) is 3.19. The maximum absolute atomic E-state index is 11.1. The van der Waals surface area contributed by atoms with Crippen LogP contribution in [0.1, 0.15) is 12.5 Å². The number of carbonyl (C=O) groups excluding carboxylic acids is 1. The first-order chi connectivity index (χ1) is 10.3. The number of para-hydroxylation sites is 1. The number of carbonyl (C=O) groups is 1. The lowest BCUT2D eigenvalue weighted by atomic mass is 10.3. The van der Waals surface area contributed by atoms with E-state index in [1.165, 1.54) is 6.92 Å². The largest absolute Gasteiger partial charge is 0.352 e. The summed E-state index contributed by atoms with van der Waals surface area (Å²) in [5, 5.41) is 7.29. The predicted molar refractivity (Wildman–Crippen MR) is 80.4 cm³/mol. The van der Waals surface area contributed by atoms with Gasteiger partial charge in [-0.15, -0.1) is 0 Å². The van der Waals surface area contributed by atoms with Crippen LogP contribution < -0.4 is 5.32 Å². The lowest BCUT2D eigenvalue weighted by Gasteiger charge is -2.11. The zero-order valence-corrected chi connectivity index (χ0v) is 11.7. The lowest BCUT2D eigenvalue weighted by Crippen LogP contribution is -2.19. The van der Waals surface area contributed by atoms with Crippen LogP contribution in [0.15, 0.2) is 61.1 Å². The number of aromatic nitrogens is 3. The molecular formula is C16H16N4O. The molecule has 1 N–H and O–H groups in total. The van der Waals surface area contributed by atoms with Crippen molar-refractivity contribution in [3.63, 3.8) is 0 Å². The highest BCUT2D eigenvalue weighted by molar-refractivity contribution is 5.72. The smallest absolute Gasteiger partial charge is 0.217 e. The number of rotatable bonds is 4. The molecular weight excluding hydrogens is 264 g/mol. The minimum atomic E-state index is -0.0547. The molecule has 0 aliphatic carbocycles. The van der Waals surface area contributed by atoms with Gasteiger partial charge in [0.15, 0.2) is 0 Å². The Kier molecular flexibility index (Phi) is 3.55. The fraction of sp³-hybridized carbons (Fsp3) is 0.125. The van der Waals surface area contributed by atoms with Crippen molar-refractivity contribution in [2.75, 3.05) is 0 Å². The fourth-order valence-corrected chi connectivity index (χ4v) is 2.23. The van der Waals surface area contributed by atoms with Gasteiger partial charge in [0, 0.05) is 31.4 Å². The minimum Gasteiger partial charge on any atom is -0.352 e. The van der Waals surface area contributed by atoms with E-state index in [9.17, 15) is 4.79 Å². The summed E-state index contributed by atoms with van der Waals surface area (Å²) >= 11 is 0. The predicted octanol–water partition coefficient (Wildman–Crippen LogP) is 2.30. The van der Waals surface area contributed by atoms with E-state index in [2.05, 4.69) is 10.4 Å². The van der Waals surface area contributed by atoms with Gasteiger partial charge < -0.3 is 9.88 Å². The van der Waals surface area contributed by atoms with E-state index < -0.39 is 0 Å². The Balaban J connectivity index is 2.07. The molecule has 0 saturated carbocycles. The molecule has 0 aliphatic rings. The molecule has 2 aromatic heterocycles. The maximum Gasteiger partial charge on any atom is 0.217 e. The minimum absolute atomic E-state index is 0.0547. The zero-order chi connectivity index (χ0) is 14.7. The van der Waals surface area contributed by atoms with E-state index in [-0.39, 0.29) is 5.91 Å². The first-order valence-electron chi connectivity index (χ1n) is 6.76. The monoisotopic (exact) mass is 280 g/mol. The molecule has 3 aromatic rings. The standard InChI is InChI=1S/C16H16N4O/c1-13(21)17-11-14-12-18-20(15-7-3-2-4-8-15)16(14)19-9-5-6-10-19/h2-10,12H,11H2,1H3,(H,17,21). The Labute approximate surface area is 122 Å². The summed E-state index contributed by atoms with van der Waals surface area (Å²) in [5.74, 6) is 0.876. The van der Waals surface area contributed by atoms with Crippen LogP contribution in [-0.4, -0.2) is 20.3 Å². The summed E-state index contributed by atoms with van der Waals surface area (Å²) in [5.41, 5.74) is 1.94. The summed E-state index contributed by atoms with van der Waals surface area (Å²) in [6, 6.07) is 13.9. The highest BCUT2D eigenvalue weighted by atomic mass is 16.1. The zero-order valence-electron chi connectivity index (χ0n) is 11.7. The van der Waals surface area contributed by atoms with Gasteiger partial charge in [0.2, 0.25) is 5.91 Å². The topological polar surface area (TPSA) is 51.9 Å². The molecule has 0 aliphatic heterocycles. The molecule has 0 bridgehead atoms.